The summed E-state index contributed by atoms with van der Waals surface area (Å²) in [6, 6.07) is 11.1. The fraction of sp³-hybridized carbons (Fsp3) is 0.192. The number of anilines is 4. The summed E-state index contributed by atoms with van der Waals surface area (Å²) >= 11 is 0. The Morgan fingerprint density at radius 1 is 1.05 bits per heavy atom. The molecular formula is C26H26N12O2. The molecule has 0 aliphatic carbocycles. The van der Waals surface area contributed by atoms with Crippen molar-refractivity contribution in [3.8, 4) is 22.9 Å². The molecule has 0 radical (unpaired) electrons. The van der Waals surface area contributed by atoms with Gasteiger partial charge in [0.15, 0.2) is 17.0 Å². The number of benzene rings is 2. The minimum atomic E-state index is 0.131. The average Bonchev–Trinajstić information content (AvgIpc) is 3.72. The molecule has 0 unspecified atom stereocenters. The lowest BCUT2D eigenvalue weighted by molar-refractivity contribution is -0.105. The predicted octanol–water partition coefficient (Wildman–Crippen LogP) is 3.68. The van der Waals surface area contributed by atoms with Gasteiger partial charge in [-0.25, -0.2) is 9.97 Å². The van der Waals surface area contributed by atoms with Crippen LogP contribution in [0.4, 0.5) is 23.1 Å². The van der Waals surface area contributed by atoms with Crippen LogP contribution in [0.15, 0.2) is 53.5 Å². The highest BCUT2D eigenvalue weighted by Crippen LogP contribution is 2.33. The highest BCUT2D eigenvalue weighted by molar-refractivity contribution is 5.88. The third kappa shape index (κ3) is 4.67. The van der Waals surface area contributed by atoms with E-state index in [2.05, 4.69) is 46.1 Å². The molecule has 6 rings (SSSR count). The molecule has 0 saturated carbocycles. The molecule has 0 fully saturated rings. The minimum Gasteiger partial charge on any atom is -0.416 e. The number of fused-ring (bicyclic) bond motifs is 2. The Kier molecular flexibility index (Phi) is 6.49. The van der Waals surface area contributed by atoms with Crippen molar-refractivity contribution in [2.24, 2.45) is 5.73 Å². The predicted molar refractivity (Wildman–Crippen MR) is 151 cm³/mol. The van der Waals surface area contributed by atoms with Gasteiger partial charge in [-0.15, -0.1) is 10.2 Å². The van der Waals surface area contributed by atoms with E-state index in [1.807, 2.05) is 36.6 Å². The quantitative estimate of drug-likeness (QED) is 0.160. The third-order valence-corrected chi connectivity index (χ3v) is 6.23. The lowest BCUT2D eigenvalue weighted by Crippen LogP contribution is -2.15. The van der Waals surface area contributed by atoms with E-state index in [4.69, 9.17) is 15.1 Å². The van der Waals surface area contributed by atoms with E-state index in [0.29, 0.717) is 71.1 Å². The summed E-state index contributed by atoms with van der Waals surface area (Å²) in [5, 5.41) is 17.6. The number of nitrogens with two attached hydrogens (primary N) is 1. The van der Waals surface area contributed by atoms with Crippen molar-refractivity contribution in [1.82, 2.24) is 39.7 Å². The molecule has 40 heavy (non-hydrogen) atoms. The van der Waals surface area contributed by atoms with Crippen molar-refractivity contribution in [3.05, 3.63) is 49.1 Å². The number of nitrogens with one attached hydrogen (secondary N) is 4. The van der Waals surface area contributed by atoms with E-state index < -0.39 is 0 Å². The SMILES string of the molecule is CC(C)n1cnc2c(NCCN)nc(Nc3cc(-c4nnc(-c5ccc6nc[nH]c6c5)o4)ccc3NC=O)nc21. The van der Waals surface area contributed by atoms with Gasteiger partial charge in [0.2, 0.25) is 24.1 Å². The molecule has 6 aromatic rings. The van der Waals surface area contributed by atoms with Crippen LogP contribution in [0.5, 0.6) is 0 Å². The van der Waals surface area contributed by atoms with Crippen molar-refractivity contribution >= 4 is 51.7 Å². The normalized spacial score (nSPS) is 11.4. The number of hydrogen-bond acceptors (Lipinski definition) is 11. The molecule has 0 saturated heterocycles. The molecule has 0 aliphatic heterocycles. The number of aromatic amines is 1. The second-order valence-corrected chi connectivity index (χ2v) is 9.22. The number of aromatic nitrogens is 8. The third-order valence-electron chi connectivity index (χ3n) is 6.23. The van der Waals surface area contributed by atoms with Gasteiger partial charge in [0.1, 0.15) is 0 Å². The first kappa shape index (κ1) is 24.9. The molecule has 6 N–H and O–H groups in total. The van der Waals surface area contributed by atoms with Crippen LogP contribution >= 0.6 is 0 Å². The monoisotopic (exact) mass is 538 g/mol. The van der Waals surface area contributed by atoms with E-state index in [1.165, 1.54) is 0 Å². The number of carbonyl (C=O) groups excluding carboxylic acids is 1. The first-order chi connectivity index (χ1) is 19.5. The van der Waals surface area contributed by atoms with Gasteiger partial charge in [0.05, 0.1) is 35.1 Å². The first-order valence-corrected chi connectivity index (χ1v) is 12.6. The highest BCUT2D eigenvalue weighted by atomic mass is 16.4. The number of rotatable bonds is 10. The molecule has 4 heterocycles. The van der Waals surface area contributed by atoms with Crippen LogP contribution in [-0.4, -0.2) is 59.2 Å². The molecule has 2 aromatic carbocycles. The Morgan fingerprint density at radius 2 is 1.85 bits per heavy atom. The van der Waals surface area contributed by atoms with E-state index in [-0.39, 0.29) is 6.04 Å². The van der Waals surface area contributed by atoms with Crippen molar-refractivity contribution in [2.75, 3.05) is 29.0 Å². The zero-order valence-corrected chi connectivity index (χ0v) is 21.7. The summed E-state index contributed by atoms with van der Waals surface area (Å²) in [5.74, 6) is 1.52. The summed E-state index contributed by atoms with van der Waals surface area (Å²) in [5.41, 5.74) is 11.1. The van der Waals surface area contributed by atoms with E-state index >= 15 is 0 Å². The number of imidazole rings is 2. The van der Waals surface area contributed by atoms with Crippen LogP contribution < -0.4 is 21.7 Å². The highest BCUT2D eigenvalue weighted by Gasteiger charge is 2.17. The topological polar surface area (TPSA) is 190 Å². The van der Waals surface area contributed by atoms with E-state index in [1.54, 1.807) is 30.9 Å². The van der Waals surface area contributed by atoms with Crippen LogP contribution in [0.2, 0.25) is 0 Å². The summed E-state index contributed by atoms with van der Waals surface area (Å²) in [7, 11) is 0. The van der Waals surface area contributed by atoms with Gasteiger partial charge < -0.3 is 35.7 Å². The van der Waals surface area contributed by atoms with Crippen molar-refractivity contribution < 1.29 is 9.21 Å². The maximum atomic E-state index is 11.3. The molecule has 0 bridgehead atoms. The van der Waals surface area contributed by atoms with Gasteiger partial charge in [-0.1, -0.05) is 0 Å². The van der Waals surface area contributed by atoms with Crippen LogP contribution in [-0.2, 0) is 4.79 Å². The largest absolute Gasteiger partial charge is 0.416 e. The van der Waals surface area contributed by atoms with Gasteiger partial charge in [-0.2, -0.15) is 9.97 Å². The van der Waals surface area contributed by atoms with Crippen LogP contribution in [0.1, 0.15) is 19.9 Å². The molecule has 0 spiro atoms. The molecule has 202 valence electrons. The van der Waals surface area contributed by atoms with Crippen molar-refractivity contribution in [1.29, 1.82) is 0 Å². The van der Waals surface area contributed by atoms with Gasteiger partial charge >= 0.3 is 0 Å². The molecule has 0 atom stereocenters. The van der Waals surface area contributed by atoms with Crippen LogP contribution in [0, 0.1) is 0 Å². The molecular weight excluding hydrogens is 512 g/mol. The first-order valence-electron chi connectivity index (χ1n) is 12.6. The van der Waals surface area contributed by atoms with E-state index in [0.717, 1.165) is 16.6 Å². The Morgan fingerprint density at radius 3 is 2.62 bits per heavy atom. The van der Waals surface area contributed by atoms with Crippen LogP contribution in [0.3, 0.4) is 0 Å². The summed E-state index contributed by atoms with van der Waals surface area (Å²) in [6.45, 7) is 5.03. The van der Waals surface area contributed by atoms with Gasteiger partial charge in [0, 0.05) is 30.3 Å². The molecule has 4 aromatic heterocycles. The second kappa shape index (κ2) is 10.4. The number of amides is 1. The molecule has 14 heteroatoms. The van der Waals surface area contributed by atoms with Gasteiger partial charge in [-0.3, -0.25) is 4.79 Å². The van der Waals surface area contributed by atoms with E-state index in [9.17, 15) is 4.79 Å². The fourth-order valence-electron chi connectivity index (χ4n) is 4.28. The summed E-state index contributed by atoms with van der Waals surface area (Å²) in [4.78, 5) is 32.5. The zero-order valence-electron chi connectivity index (χ0n) is 21.7. The smallest absolute Gasteiger partial charge is 0.248 e. The molecule has 14 nitrogen and oxygen atoms in total. The number of H-pyrrole nitrogens is 1. The summed E-state index contributed by atoms with van der Waals surface area (Å²) in [6.07, 6.45) is 3.97. The Bertz CT molecular complexity index is 1820. The summed E-state index contributed by atoms with van der Waals surface area (Å²) < 4.78 is 7.96. The van der Waals surface area contributed by atoms with Gasteiger partial charge in [0.25, 0.3) is 0 Å². The van der Waals surface area contributed by atoms with Crippen molar-refractivity contribution in [2.45, 2.75) is 19.9 Å². The second-order valence-electron chi connectivity index (χ2n) is 9.22. The molecule has 1 amide bonds. The zero-order chi connectivity index (χ0) is 27.6. The van der Waals surface area contributed by atoms with Crippen molar-refractivity contribution in [3.63, 3.8) is 0 Å². The minimum absolute atomic E-state index is 0.131. The fourth-order valence-corrected chi connectivity index (χ4v) is 4.28. The van der Waals surface area contributed by atoms with Gasteiger partial charge in [-0.05, 0) is 50.2 Å². The standard InChI is InChI=1S/C26H26N12O2/c1-14(2)38-12-31-21-22(28-8-7-27)34-26(35-23(21)38)33-20-10-16(4-6-18(20)32-13-39)25-37-36-24(40-25)15-3-5-17-19(9-15)30-11-29-17/h3-6,9-14H,7-8,27H2,1-2H3,(H,29,30)(H,32,39)(H2,28,33,34,35). The maximum absolute atomic E-state index is 11.3. The molecule has 0 aliphatic rings. The maximum Gasteiger partial charge on any atom is 0.248 e. The number of carbonyl (C=O) groups is 1. The van der Waals surface area contributed by atoms with Crippen LogP contribution in [0.25, 0.3) is 45.1 Å². The lowest BCUT2D eigenvalue weighted by Gasteiger charge is -2.14. The Labute approximate surface area is 227 Å². The number of nitrogens with zero attached hydrogens (tertiary/aromatic N) is 7. The number of hydrogen-bond donors (Lipinski definition) is 5. The Hall–Kier alpha value is -5.37. The lowest BCUT2D eigenvalue weighted by atomic mass is 10.1. The average molecular weight is 539 g/mol. The Balaban J connectivity index is 1.37.